The van der Waals surface area contributed by atoms with Crippen molar-refractivity contribution in [1.82, 2.24) is 10.2 Å². The summed E-state index contributed by atoms with van der Waals surface area (Å²) in [5, 5.41) is 2.88. The Morgan fingerprint density at radius 3 is 2.00 bits per heavy atom. The third-order valence-corrected chi connectivity index (χ3v) is 3.92. The minimum Gasteiger partial charge on any atom is -0.352 e. The number of hydrogen-bond acceptors (Lipinski definition) is 3. The summed E-state index contributed by atoms with van der Waals surface area (Å²) in [6.45, 7) is 5.56. The van der Waals surface area contributed by atoms with E-state index in [0.29, 0.717) is 11.1 Å². The molecule has 1 heterocycles. The van der Waals surface area contributed by atoms with Gasteiger partial charge in [-0.05, 0) is 31.9 Å². The molecule has 0 aromatic heterocycles. The Bertz CT molecular complexity index is 544. The number of nitrogens with zero attached hydrogens (tertiary/aromatic N) is 1. The highest BCUT2D eigenvalue weighted by molar-refractivity contribution is 6.22. The lowest BCUT2D eigenvalue weighted by Crippen LogP contribution is -2.50. The van der Waals surface area contributed by atoms with Crippen LogP contribution in [-0.4, -0.2) is 34.7 Å². The topological polar surface area (TPSA) is 66.5 Å². The van der Waals surface area contributed by atoms with Crippen LogP contribution in [0.3, 0.4) is 0 Å². The SMILES string of the molecule is CCC(CC)NC(=O)[C@@H](C)N1C(=O)c2ccccc2C1=O. The van der Waals surface area contributed by atoms with Gasteiger partial charge in [-0.2, -0.15) is 0 Å². The van der Waals surface area contributed by atoms with Gasteiger partial charge in [-0.3, -0.25) is 19.3 Å². The molecular formula is C16H20N2O3. The van der Waals surface area contributed by atoms with Crippen molar-refractivity contribution < 1.29 is 14.4 Å². The first-order valence-corrected chi connectivity index (χ1v) is 7.28. The van der Waals surface area contributed by atoms with Gasteiger partial charge in [0.15, 0.2) is 0 Å². The van der Waals surface area contributed by atoms with E-state index in [4.69, 9.17) is 0 Å². The minimum atomic E-state index is -0.807. The van der Waals surface area contributed by atoms with E-state index >= 15 is 0 Å². The number of nitrogens with one attached hydrogen (secondary N) is 1. The van der Waals surface area contributed by atoms with Gasteiger partial charge >= 0.3 is 0 Å². The quantitative estimate of drug-likeness (QED) is 0.842. The van der Waals surface area contributed by atoms with Crippen molar-refractivity contribution in [1.29, 1.82) is 0 Å². The molecule has 0 radical (unpaired) electrons. The maximum absolute atomic E-state index is 12.3. The second kappa shape index (κ2) is 6.08. The van der Waals surface area contributed by atoms with Crippen molar-refractivity contribution in [3.05, 3.63) is 35.4 Å². The van der Waals surface area contributed by atoms with Crippen molar-refractivity contribution in [3.63, 3.8) is 0 Å². The first-order chi connectivity index (χ1) is 10.0. The summed E-state index contributed by atoms with van der Waals surface area (Å²) in [6, 6.07) is 5.90. The van der Waals surface area contributed by atoms with Crippen LogP contribution < -0.4 is 5.32 Å². The third-order valence-electron chi connectivity index (χ3n) is 3.92. The maximum atomic E-state index is 12.3. The molecule has 1 aliphatic heterocycles. The van der Waals surface area contributed by atoms with E-state index in [1.54, 1.807) is 31.2 Å². The van der Waals surface area contributed by atoms with Crippen LogP contribution >= 0.6 is 0 Å². The number of hydrogen-bond donors (Lipinski definition) is 1. The molecule has 1 aromatic rings. The molecule has 0 fully saturated rings. The Morgan fingerprint density at radius 2 is 1.57 bits per heavy atom. The zero-order valence-corrected chi connectivity index (χ0v) is 12.6. The highest BCUT2D eigenvalue weighted by Crippen LogP contribution is 2.24. The Labute approximate surface area is 124 Å². The molecule has 0 saturated heterocycles. The summed E-state index contributed by atoms with van der Waals surface area (Å²) in [5.41, 5.74) is 0.731. The summed E-state index contributed by atoms with van der Waals surface area (Å²) in [4.78, 5) is 37.9. The molecular weight excluding hydrogens is 268 g/mol. The van der Waals surface area contributed by atoms with E-state index < -0.39 is 17.9 Å². The van der Waals surface area contributed by atoms with Crippen LogP contribution in [0.15, 0.2) is 24.3 Å². The van der Waals surface area contributed by atoms with E-state index in [-0.39, 0.29) is 11.9 Å². The minimum absolute atomic E-state index is 0.0649. The summed E-state index contributed by atoms with van der Waals surface area (Å²) < 4.78 is 0. The number of imide groups is 1. The van der Waals surface area contributed by atoms with E-state index in [1.807, 2.05) is 13.8 Å². The third kappa shape index (κ3) is 2.68. The highest BCUT2D eigenvalue weighted by Gasteiger charge is 2.40. The van der Waals surface area contributed by atoms with Crippen molar-refractivity contribution in [2.24, 2.45) is 0 Å². The van der Waals surface area contributed by atoms with Crippen LogP contribution in [0.2, 0.25) is 0 Å². The number of fused-ring (bicyclic) bond motifs is 1. The fourth-order valence-corrected chi connectivity index (χ4v) is 2.49. The molecule has 1 aliphatic rings. The predicted octanol–water partition coefficient (Wildman–Crippen LogP) is 1.98. The fraction of sp³-hybridized carbons (Fsp3) is 0.438. The van der Waals surface area contributed by atoms with E-state index in [9.17, 15) is 14.4 Å². The van der Waals surface area contributed by atoms with Crippen LogP contribution in [0.25, 0.3) is 0 Å². The van der Waals surface area contributed by atoms with E-state index in [2.05, 4.69) is 5.32 Å². The number of benzene rings is 1. The first-order valence-electron chi connectivity index (χ1n) is 7.28. The number of amides is 3. The summed E-state index contributed by atoms with van der Waals surface area (Å²) in [6.07, 6.45) is 1.63. The largest absolute Gasteiger partial charge is 0.352 e. The molecule has 3 amide bonds. The Kier molecular flexibility index (Phi) is 4.40. The average Bonchev–Trinajstić information content (AvgIpc) is 2.76. The van der Waals surface area contributed by atoms with Crippen molar-refractivity contribution in [3.8, 4) is 0 Å². The van der Waals surface area contributed by atoms with Gasteiger partial charge in [0, 0.05) is 6.04 Å². The molecule has 112 valence electrons. The van der Waals surface area contributed by atoms with Gasteiger partial charge in [-0.15, -0.1) is 0 Å². The van der Waals surface area contributed by atoms with Gasteiger partial charge in [0.25, 0.3) is 11.8 Å². The van der Waals surface area contributed by atoms with E-state index in [1.165, 1.54) is 0 Å². The molecule has 0 spiro atoms. The Morgan fingerprint density at radius 1 is 1.10 bits per heavy atom. The summed E-state index contributed by atoms with van der Waals surface area (Å²) >= 11 is 0. The van der Waals surface area contributed by atoms with Crippen LogP contribution in [0.5, 0.6) is 0 Å². The highest BCUT2D eigenvalue weighted by atomic mass is 16.2. The van der Waals surface area contributed by atoms with E-state index in [0.717, 1.165) is 17.7 Å². The van der Waals surface area contributed by atoms with Gasteiger partial charge in [-0.1, -0.05) is 26.0 Å². The van der Waals surface area contributed by atoms with Crippen LogP contribution in [-0.2, 0) is 4.79 Å². The van der Waals surface area contributed by atoms with Crippen molar-refractivity contribution in [2.45, 2.75) is 45.7 Å². The summed E-state index contributed by atoms with van der Waals surface area (Å²) in [7, 11) is 0. The fourth-order valence-electron chi connectivity index (χ4n) is 2.49. The van der Waals surface area contributed by atoms with Crippen LogP contribution in [0.1, 0.15) is 54.3 Å². The maximum Gasteiger partial charge on any atom is 0.262 e. The molecule has 0 bridgehead atoms. The summed E-state index contributed by atoms with van der Waals surface area (Å²) in [5.74, 6) is -1.09. The first kappa shape index (κ1) is 15.2. The Hall–Kier alpha value is -2.17. The molecule has 2 rings (SSSR count). The molecule has 21 heavy (non-hydrogen) atoms. The molecule has 5 nitrogen and oxygen atoms in total. The van der Waals surface area contributed by atoms with Gasteiger partial charge in [0.2, 0.25) is 5.91 Å². The number of carbonyl (C=O) groups is 3. The van der Waals surface area contributed by atoms with Crippen molar-refractivity contribution in [2.75, 3.05) is 0 Å². The van der Waals surface area contributed by atoms with Crippen LogP contribution in [0.4, 0.5) is 0 Å². The molecule has 0 saturated carbocycles. The average molecular weight is 288 g/mol. The smallest absolute Gasteiger partial charge is 0.262 e. The van der Waals surface area contributed by atoms with Gasteiger partial charge in [0.1, 0.15) is 6.04 Å². The molecule has 5 heteroatoms. The van der Waals surface area contributed by atoms with Gasteiger partial charge < -0.3 is 5.32 Å². The zero-order valence-electron chi connectivity index (χ0n) is 12.6. The number of carbonyl (C=O) groups excluding carboxylic acids is 3. The molecule has 0 unspecified atom stereocenters. The normalized spacial score (nSPS) is 15.3. The predicted molar refractivity (Wildman–Crippen MR) is 78.9 cm³/mol. The van der Waals surface area contributed by atoms with Crippen LogP contribution in [0, 0.1) is 0 Å². The monoisotopic (exact) mass is 288 g/mol. The van der Waals surface area contributed by atoms with Gasteiger partial charge in [-0.25, -0.2) is 0 Å². The lowest BCUT2D eigenvalue weighted by molar-refractivity contribution is -0.125. The Balaban J connectivity index is 2.18. The zero-order chi connectivity index (χ0) is 15.6. The molecule has 0 aliphatic carbocycles. The standard InChI is InChI=1S/C16H20N2O3/c1-4-11(5-2)17-14(19)10(3)18-15(20)12-8-6-7-9-13(12)16(18)21/h6-11H,4-5H2,1-3H3,(H,17,19)/t10-/m1/s1. The van der Waals surface area contributed by atoms with Crippen molar-refractivity contribution >= 4 is 17.7 Å². The number of rotatable bonds is 5. The molecule has 1 aromatic carbocycles. The molecule has 1 N–H and O–H groups in total. The lowest BCUT2D eigenvalue weighted by Gasteiger charge is -2.24. The lowest BCUT2D eigenvalue weighted by atomic mass is 10.1. The molecule has 1 atom stereocenters. The second-order valence-electron chi connectivity index (χ2n) is 5.22. The van der Waals surface area contributed by atoms with Gasteiger partial charge in [0.05, 0.1) is 11.1 Å². The second-order valence-corrected chi connectivity index (χ2v) is 5.22.